The van der Waals surface area contributed by atoms with Crippen LogP contribution in [0.15, 0.2) is 91.0 Å². The Hall–Kier alpha value is -2.72. The van der Waals surface area contributed by atoms with E-state index in [4.69, 9.17) is 9.47 Å². The number of hydrogen-bond acceptors (Lipinski definition) is 5. The molecule has 36 heavy (non-hydrogen) atoms. The third kappa shape index (κ3) is 9.39. The fourth-order valence-electron chi connectivity index (χ4n) is 3.75. The van der Waals surface area contributed by atoms with E-state index in [9.17, 15) is 4.79 Å². The molecule has 5 nitrogen and oxygen atoms in total. The number of carbonyl (C=O) groups is 1. The summed E-state index contributed by atoms with van der Waals surface area (Å²) >= 11 is 0. The van der Waals surface area contributed by atoms with E-state index in [1.54, 1.807) is 14.0 Å². The number of methoxy groups -OCH3 is 1. The highest BCUT2D eigenvalue weighted by Gasteiger charge is 2.28. The number of ether oxygens (including phenoxy) is 3. The average molecular weight is 510 g/mol. The number of likely N-dealkylation sites (N-methyl/N-ethyl adjacent to an activating group) is 1. The molecule has 2 unspecified atom stereocenters. The molecule has 0 aliphatic carbocycles. The van der Waals surface area contributed by atoms with Gasteiger partial charge < -0.3 is 19.5 Å². The predicted molar refractivity (Wildman–Crippen MR) is 151 cm³/mol. The Morgan fingerprint density at radius 3 is 1.75 bits per heavy atom. The van der Waals surface area contributed by atoms with Crippen molar-refractivity contribution >= 4 is 15.2 Å². The molecule has 6 heteroatoms. The quantitative estimate of drug-likeness (QED) is 0.189. The molecule has 0 bridgehead atoms. The third-order valence-electron chi connectivity index (χ3n) is 6.16. The lowest BCUT2D eigenvalue weighted by Crippen LogP contribution is -2.42. The second-order valence-electron chi connectivity index (χ2n) is 8.89. The second kappa shape index (κ2) is 15.4. The van der Waals surface area contributed by atoms with E-state index < -0.39 is 5.28 Å². The number of nitrogens with one attached hydrogen (secondary N) is 1. The lowest BCUT2D eigenvalue weighted by molar-refractivity contribution is -0.143. The molecule has 0 heterocycles. The maximum absolute atomic E-state index is 10.8. The van der Waals surface area contributed by atoms with Gasteiger partial charge in [-0.05, 0) is 50.1 Å². The minimum absolute atomic E-state index is 0.00752. The van der Waals surface area contributed by atoms with Crippen molar-refractivity contribution in [2.24, 2.45) is 0 Å². The van der Waals surface area contributed by atoms with Gasteiger partial charge in [0, 0.05) is 12.0 Å². The molecule has 3 aromatic rings. The first-order valence-corrected chi connectivity index (χ1v) is 12.8. The van der Waals surface area contributed by atoms with Gasteiger partial charge in [-0.15, -0.1) is 9.24 Å². The maximum Gasteiger partial charge on any atom is 0.329 e. The molecule has 3 aromatic carbocycles. The molecule has 1 N–H and O–H groups in total. The van der Waals surface area contributed by atoms with Gasteiger partial charge in [-0.25, -0.2) is 4.79 Å². The van der Waals surface area contributed by atoms with Crippen LogP contribution in [0.1, 0.15) is 37.8 Å². The summed E-state index contributed by atoms with van der Waals surface area (Å²) in [4.78, 5) is 10.8. The molecule has 0 aliphatic heterocycles. The molecule has 0 aliphatic rings. The number of benzene rings is 3. The highest BCUT2D eigenvalue weighted by atomic mass is 31.0. The second-order valence-corrected chi connectivity index (χ2v) is 10.0. The van der Waals surface area contributed by atoms with Crippen molar-refractivity contribution in [3.8, 4) is 5.75 Å². The van der Waals surface area contributed by atoms with Gasteiger partial charge in [-0.3, -0.25) is 0 Å². The van der Waals surface area contributed by atoms with Gasteiger partial charge in [-0.1, -0.05) is 85.8 Å². The molecule has 0 saturated heterocycles. The summed E-state index contributed by atoms with van der Waals surface area (Å²) in [6.07, 6.45) is 2.05. The SMILES string of the molecule is CC(CCCOCCOc1ccccc1)(c1ccccc1)c1ccccc1.CNC(C)(P)C(=O)OC. The highest BCUT2D eigenvalue weighted by molar-refractivity contribution is 7.20. The monoisotopic (exact) mass is 509 g/mol. The van der Waals surface area contributed by atoms with Crippen molar-refractivity contribution in [2.75, 3.05) is 34.0 Å². The zero-order chi connectivity index (χ0) is 26.3. The van der Waals surface area contributed by atoms with Crippen molar-refractivity contribution in [3.05, 3.63) is 102 Å². The smallest absolute Gasteiger partial charge is 0.329 e. The lowest BCUT2D eigenvalue weighted by atomic mass is 9.73. The molecule has 2 atom stereocenters. The minimum Gasteiger partial charge on any atom is -0.491 e. The van der Waals surface area contributed by atoms with Crippen molar-refractivity contribution < 1.29 is 19.0 Å². The third-order valence-corrected chi connectivity index (χ3v) is 6.68. The fraction of sp³-hybridized carbons (Fsp3) is 0.367. The Kier molecular flexibility index (Phi) is 12.6. The molecule has 3 rings (SSSR count). The Bertz CT molecular complexity index is 958. The molecule has 0 spiro atoms. The summed E-state index contributed by atoms with van der Waals surface area (Å²) < 4.78 is 15.9. The van der Waals surface area contributed by atoms with E-state index in [1.807, 2.05) is 30.3 Å². The first kappa shape index (κ1) is 29.5. The van der Waals surface area contributed by atoms with Crippen LogP contribution in [-0.2, 0) is 19.7 Å². The van der Waals surface area contributed by atoms with Crippen LogP contribution in [0.2, 0.25) is 0 Å². The standard InChI is InChI=1S/C25H28O2.C5H12NO2P/c1-25(22-12-5-2-6-13-22,23-14-7-3-8-15-23)18-11-19-26-20-21-27-24-16-9-4-10-17-24;1-5(9,6-2)4(7)8-3/h2-10,12-17H,11,18-21H2,1H3;6H,9H2,1-3H3. The van der Waals surface area contributed by atoms with E-state index >= 15 is 0 Å². The van der Waals surface area contributed by atoms with Crippen LogP contribution in [0.5, 0.6) is 5.75 Å². The molecular weight excluding hydrogens is 469 g/mol. The highest BCUT2D eigenvalue weighted by Crippen LogP contribution is 2.36. The maximum atomic E-state index is 10.8. The first-order valence-electron chi connectivity index (χ1n) is 12.3. The number of esters is 1. The summed E-state index contributed by atoms with van der Waals surface area (Å²) in [7, 11) is 5.43. The number of para-hydroxylation sites is 1. The lowest BCUT2D eigenvalue weighted by Gasteiger charge is -2.31. The van der Waals surface area contributed by atoms with Crippen LogP contribution in [0.3, 0.4) is 0 Å². The van der Waals surface area contributed by atoms with Crippen LogP contribution < -0.4 is 10.1 Å². The van der Waals surface area contributed by atoms with Gasteiger partial charge in [0.25, 0.3) is 0 Å². The number of rotatable bonds is 12. The van der Waals surface area contributed by atoms with E-state index in [0.29, 0.717) is 13.2 Å². The number of carbonyl (C=O) groups excluding carboxylic acids is 1. The summed E-state index contributed by atoms with van der Waals surface area (Å²) in [5, 5.41) is 2.14. The van der Waals surface area contributed by atoms with Crippen molar-refractivity contribution in [1.29, 1.82) is 0 Å². The van der Waals surface area contributed by atoms with E-state index in [1.165, 1.54) is 18.2 Å². The van der Waals surface area contributed by atoms with Crippen LogP contribution in [0.25, 0.3) is 0 Å². The summed E-state index contributed by atoms with van der Waals surface area (Å²) in [5.74, 6) is 0.608. The summed E-state index contributed by atoms with van der Waals surface area (Å²) in [6, 6.07) is 31.4. The Balaban J connectivity index is 0.000000434. The summed E-state index contributed by atoms with van der Waals surface area (Å²) in [6.45, 7) is 5.99. The largest absolute Gasteiger partial charge is 0.491 e. The molecule has 0 aromatic heterocycles. The molecule has 0 amide bonds. The van der Waals surface area contributed by atoms with Crippen LogP contribution in [0.4, 0.5) is 0 Å². The Morgan fingerprint density at radius 2 is 1.31 bits per heavy atom. The van der Waals surface area contributed by atoms with Crippen molar-refractivity contribution in [3.63, 3.8) is 0 Å². The van der Waals surface area contributed by atoms with Gasteiger partial charge in [0.05, 0.1) is 13.7 Å². The molecule has 0 radical (unpaired) electrons. The van der Waals surface area contributed by atoms with Gasteiger partial charge >= 0.3 is 5.97 Å². The van der Waals surface area contributed by atoms with Crippen LogP contribution >= 0.6 is 9.24 Å². The first-order chi connectivity index (χ1) is 17.3. The topological polar surface area (TPSA) is 56.8 Å². The van der Waals surface area contributed by atoms with Crippen molar-refractivity contribution in [1.82, 2.24) is 5.32 Å². The van der Waals surface area contributed by atoms with Crippen molar-refractivity contribution in [2.45, 2.75) is 37.4 Å². The predicted octanol–water partition coefficient (Wildman–Crippen LogP) is 5.84. The minimum atomic E-state index is -0.644. The van der Waals surface area contributed by atoms with E-state index in [2.05, 4.69) is 86.9 Å². The average Bonchev–Trinajstić information content (AvgIpc) is 2.93. The van der Waals surface area contributed by atoms with Crippen LogP contribution in [-0.4, -0.2) is 45.2 Å². The molecule has 194 valence electrons. The zero-order valence-corrected chi connectivity index (χ0v) is 23.1. The van der Waals surface area contributed by atoms with E-state index in [-0.39, 0.29) is 11.4 Å². The van der Waals surface area contributed by atoms with Gasteiger partial charge in [0.1, 0.15) is 17.6 Å². The Labute approximate surface area is 218 Å². The molecule has 0 saturated carbocycles. The van der Waals surface area contributed by atoms with Gasteiger partial charge in [0.15, 0.2) is 0 Å². The van der Waals surface area contributed by atoms with Crippen LogP contribution in [0, 0.1) is 0 Å². The van der Waals surface area contributed by atoms with Gasteiger partial charge in [0.2, 0.25) is 0 Å². The fourth-order valence-corrected chi connectivity index (χ4v) is 3.86. The van der Waals surface area contributed by atoms with E-state index in [0.717, 1.165) is 25.2 Å². The summed E-state index contributed by atoms with van der Waals surface area (Å²) in [5.41, 5.74) is 2.69. The molecular formula is C30H40NO4P. The Morgan fingerprint density at radius 1 is 0.806 bits per heavy atom. The number of hydrogen-bond donors (Lipinski definition) is 1. The zero-order valence-electron chi connectivity index (χ0n) is 21.9. The van der Waals surface area contributed by atoms with Gasteiger partial charge in [-0.2, -0.15) is 0 Å². The molecule has 0 fully saturated rings. The normalized spacial score (nSPS) is 12.6.